The highest BCUT2D eigenvalue weighted by Gasteiger charge is 2.62. The molecular formula is C8H15NO3S2. The van der Waals surface area contributed by atoms with E-state index in [0.717, 1.165) is 0 Å². The van der Waals surface area contributed by atoms with Crippen molar-refractivity contribution in [2.24, 2.45) is 11.1 Å². The molecule has 0 aliphatic heterocycles. The molecule has 2 atom stereocenters. The highest BCUT2D eigenvalue weighted by molar-refractivity contribution is 7.92. The topological polar surface area (TPSA) is 69.4 Å². The third-order valence-corrected chi connectivity index (χ3v) is 5.43. The van der Waals surface area contributed by atoms with Gasteiger partial charge in [0.15, 0.2) is 9.84 Å². The van der Waals surface area contributed by atoms with Gasteiger partial charge in [0, 0.05) is 12.9 Å². The fraction of sp³-hybridized carbons (Fsp3) is 0.875. The van der Waals surface area contributed by atoms with Crippen LogP contribution in [0.2, 0.25) is 0 Å². The van der Waals surface area contributed by atoms with Gasteiger partial charge in [-0.2, -0.15) is 0 Å². The maximum absolute atomic E-state index is 11.6. The molecule has 1 aliphatic carbocycles. The Morgan fingerprint density at radius 3 is 2.64 bits per heavy atom. The van der Waals surface area contributed by atoms with E-state index in [-0.39, 0.29) is 10.7 Å². The van der Waals surface area contributed by atoms with Gasteiger partial charge in [-0.3, -0.25) is 0 Å². The van der Waals surface area contributed by atoms with Crippen molar-refractivity contribution in [2.45, 2.75) is 18.6 Å². The first-order valence-electron chi connectivity index (χ1n) is 4.41. The molecule has 2 unspecified atom stereocenters. The van der Waals surface area contributed by atoms with E-state index in [1.165, 1.54) is 7.11 Å². The van der Waals surface area contributed by atoms with Crippen LogP contribution in [0.5, 0.6) is 0 Å². The van der Waals surface area contributed by atoms with Gasteiger partial charge < -0.3 is 10.5 Å². The number of nitrogens with two attached hydrogens (primary N) is 1. The molecule has 2 N–H and O–H groups in total. The Balaban J connectivity index is 2.86. The third kappa shape index (κ3) is 1.78. The van der Waals surface area contributed by atoms with Gasteiger partial charge >= 0.3 is 0 Å². The molecule has 0 bridgehead atoms. The number of sulfone groups is 1. The zero-order valence-electron chi connectivity index (χ0n) is 8.32. The maximum Gasteiger partial charge on any atom is 0.153 e. The SMILES string of the molecule is CCS(=O)(=O)C1CC1(COC)C(N)=S. The van der Waals surface area contributed by atoms with Crippen LogP contribution in [0, 0.1) is 5.41 Å². The van der Waals surface area contributed by atoms with Crippen molar-refractivity contribution in [1.82, 2.24) is 0 Å². The minimum absolute atomic E-state index is 0.131. The molecule has 0 aromatic carbocycles. The molecule has 0 radical (unpaired) electrons. The lowest BCUT2D eigenvalue weighted by molar-refractivity contribution is 0.169. The third-order valence-electron chi connectivity index (χ3n) is 2.73. The lowest BCUT2D eigenvalue weighted by Gasteiger charge is -2.14. The van der Waals surface area contributed by atoms with Crippen molar-refractivity contribution < 1.29 is 13.2 Å². The largest absolute Gasteiger partial charge is 0.393 e. The minimum atomic E-state index is -3.05. The smallest absolute Gasteiger partial charge is 0.153 e. The summed E-state index contributed by atoms with van der Waals surface area (Å²) in [6.45, 7) is 1.93. The molecule has 1 rings (SSSR count). The van der Waals surface area contributed by atoms with E-state index >= 15 is 0 Å². The molecule has 1 aliphatic rings. The van der Waals surface area contributed by atoms with Gasteiger partial charge in [0.25, 0.3) is 0 Å². The number of ether oxygens (including phenoxy) is 1. The second-order valence-corrected chi connectivity index (χ2v) is 6.51. The van der Waals surface area contributed by atoms with Crippen molar-refractivity contribution >= 4 is 27.0 Å². The first kappa shape index (κ1) is 11.9. The first-order chi connectivity index (χ1) is 6.40. The molecular weight excluding hydrogens is 222 g/mol. The van der Waals surface area contributed by atoms with Gasteiger partial charge in [0.2, 0.25) is 0 Å². The number of rotatable bonds is 5. The molecule has 0 aromatic rings. The molecule has 0 heterocycles. The highest BCUT2D eigenvalue weighted by atomic mass is 32.2. The Kier molecular flexibility index (Phi) is 3.18. The van der Waals surface area contributed by atoms with Crippen molar-refractivity contribution in [1.29, 1.82) is 0 Å². The number of methoxy groups -OCH3 is 1. The normalized spacial score (nSPS) is 31.4. The van der Waals surface area contributed by atoms with Crippen LogP contribution in [-0.2, 0) is 14.6 Å². The average Bonchev–Trinajstić information content (AvgIpc) is 2.82. The van der Waals surface area contributed by atoms with Crippen LogP contribution in [0.1, 0.15) is 13.3 Å². The summed E-state index contributed by atoms with van der Waals surface area (Å²) in [5, 5.41) is -0.433. The van der Waals surface area contributed by atoms with Crippen LogP contribution in [0.15, 0.2) is 0 Å². The molecule has 0 spiro atoms. The standard InChI is InChI=1S/C8H15NO3S2/c1-3-14(10,11)6-4-8(6,5-12-2)7(9)13/h6H,3-5H2,1-2H3,(H2,9,13). The molecule has 0 aromatic heterocycles. The van der Waals surface area contributed by atoms with E-state index in [1.807, 2.05) is 0 Å². The molecule has 6 heteroatoms. The summed E-state index contributed by atoms with van der Waals surface area (Å²) < 4.78 is 28.1. The lowest BCUT2D eigenvalue weighted by atomic mass is 10.1. The van der Waals surface area contributed by atoms with Gasteiger partial charge in [-0.25, -0.2) is 8.42 Å². The Morgan fingerprint density at radius 1 is 1.71 bits per heavy atom. The van der Waals surface area contributed by atoms with Gasteiger partial charge in [-0.05, 0) is 6.42 Å². The van der Waals surface area contributed by atoms with Gasteiger partial charge in [-0.1, -0.05) is 19.1 Å². The predicted octanol–water partition coefficient (Wildman–Crippen LogP) is 0.112. The minimum Gasteiger partial charge on any atom is -0.393 e. The summed E-state index contributed by atoms with van der Waals surface area (Å²) in [5.41, 5.74) is 4.95. The quantitative estimate of drug-likeness (QED) is 0.687. The molecule has 0 saturated heterocycles. The van der Waals surface area contributed by atoms with Crippen LogP contribution in [0.4, 0.5) is 0 Å². The van der Waals surface area contributed by atoms with Crippen LogP contribution >= 0.6 is 12.2 Å². The van der Waals surface area contributed by atoms with E-state index in [9.17, 15) is 8.42 Å². The molecule has 82 valence electrons. The van der Waals surface area contributed by atoms with Gasteiger partial charge in [-0.15, -0.1) is 0 Å². The van der Waals surface area contributed by atoms with Gasteiger partial charge in [0.1, 0.15) is 0 Å². The van der Waals surface area contributed by atoms with Gasteiger partial charge in [0.05, 0.1) is 22.3 Å². The van der Waals surface area contributed by atoms with Crippen molar-refractivity contribution in [3.8, 4) is 0 Å². The van der Waals surface area contributed by atoms with E-state index in [1.54, 1.807) is 6.92 Å². The molecule has 14 heavy (non-hydrogen) atoms. The van der Waals surface area contributed by atoms with Crippen molar-refractivity contribution in [3.63, 3.8) is 0 Å². The van der Waals surface area contributed by atoms with Crippen LogP contribution in [-0.4, -0.2) is 38.1 Å². The summed E-state index contributed by atoms with van der Waals surface area (Å²) in [4.78, 5) is 0.251. The highest BCUT2D eigenvalue weighted by Crippen LogP contribution is 2.51. The Hall–Kier alpha value is -0.200. The lowest BCUT2D eigenvalue weighted by Crippen LogP contribution is -2.33. The van der Waals surface area contributed by atoms with Crippen LogP contribution in [0.25, 0.3) is 0 Å². The summed E-state index contributed by atoms with van der Waals surface area (Å²) in [7, 11) is -1.53. The number of hydrogen-bond donors (Lipinski definition) is 1. The van der Waals surface area contributed by atoms with Crippen molar-refractivity contribution in [3.05, 3.63) is 0 Å². The average molecular weight is 237 g/mol. The van der Waals surface area contributed by atoms with Crippen molar-refractivity contribution in [2.75, 3.05) is 19.5 Å². The van der Waals surface area contributed by atoms with Crippen LogP contribution < -0.4 is 5.73 Å². The molecule has 1 fully saturated rings. The molecule has 0 amide bonds. The second-order valence-electron chi connectivity index (χ2n) is 3.60. The summed E-state index contributed by atoms with van der Waals surface area (Å²) in [6, 6.07) is 0. The van der Waals surface area contributed by atoms with E-state index in [4.69, 9.17) is 22.7 Å². The van der Waals surface area contributed by atoms with E-state index in [2.05, 4.69) is 0 Å². The zero-order valence-corrected chi connectivity index (χ0v) is 9.95. The summed E-state index contributed by atoms with van der Waals surface area (Å²) in [6.07, 6.45) is 0.506. The Labute approximate surface area is 89.7 Å². The number of thiocarbonyl (C=S) groups is 1. The summed E-state index contributed by atoms with van der Waals surface area (Å²) >= 11 is 4.89. The predicted molar refractivity (Wildman–Crippen MR) is 59.0 cm³/mol. The van der Waals surface area contributed by atoms with E-state index < -0.39 is 20.5 Å². The number of hydrogen-bond acceptors (Lipinski definition) is 4. The Bertz CT molecular complexity index is 338. The maximum atomic E-state index is 11.6. The fourth-order valence-corrected chi connectivity index (χ4v) is 3.88. The van der Waals surface area contributed by atoms with E-state index in [0.29, 0.717) is 13.0 Å². The fourth-order valence-electron chi connectivity index (χ4n) is 1.68. The van der Waals surface area contributed by atoms with Crippen LogP contribution in [0.3, 0.4) is 0 Å². The molecule has 1 saturated carbocycles. The molecule has 4 nitrogen and oxygen atoms in total. The summed E-state index contributed by atoms with van der Waals surface area (Å²) in [5.74, 6) is 0.131. The second kappa shape index (κ2) is 3.75. The Morgan fingerprint density at radius 2 is 2.29 bits per heavy atom. The monoisotopic (exact) mass is 237 g/mol. The first-order valence-corrected chi connectivity index (χ1v) is 6.53. The zero-order chi connectivity index (χ0) is 11.0.